The molecule has 0 aliphatic rings. The van der Waals surface area contributed by atoms with Gasteiger partial charge in [-0.2, -0.15) is 0 Å². The van der Waals surface area contributed by atoms with Gasteiger partial charge in [-0.15, -0.1) is 0 Å². The maximum absolute atomic E-state index is 9.24. The highest BCUT2D eigenvalue weighted by molar-refractivity contribution is 6.33. The molecule has 0 fully saturated rings. The average molecular weight is 735 g/mol. The number of hydrogen-bond donors (Lipinski definition) is 4. The summed E-state index contributed by atoms with van der Waals surface area (Å²) in [6.07, 6.45) is 5.67. The summed E-state index contributed by atoms with van der Waals surface area (Å²) in [4.78, 5) is 0. The predicted octanol–water partition coefficient (Wildman–Crippen LogP) is 11.8. The first kappa shape index (κ1) is 35.7. The number of nitrogens with zero attached hydrogens (tertiary/aromatic N) is 4. The molecule has 274 valence electrons. The van der Waals surface area contributed by atoms with Crippen molar-refractivity contribution >= 4 is 57.2 Å². The van der Waals surface area contributed by atoms with E-state index in [1.165, 1.54) is 30.4 Å². The summed E-state index contributed by atoms with van der Waals surface area (Å²) >= 11 is 0. The van der Waals surface area contributed by atoms with E-state index in [1.807, 2.05) is 48.5 Å². The van der Waals surface area contributed by atoms with Gasteiger partial charge in [0.2, 0.25) is 0 Å². The van der Waals surface area contributed by atoms with Crippen LogP contribution in [0.4, 0.5) is 0 Å². The van der Waals surface area contributed by atoms with Crippen LogP contribution >= 0.6 is 0 Å². The van der Waals surface area contributed by atoms with Gasteiger partial charge < -0.3 is 20.8 Å². The van der Waals surface area contributed by atoms with Crippen LogP contribution < -0.4 is 0 Å². The lowest BCUT2D eigenvalue weighted by Crippen LogP contribution is -2.11. The number of benzene rings is 8. The quantitative estimate of drug-likeness (QED) is 0.0536. The maximum Gasteiger partial charge on any atom is 0.0733 e. The van der Waals surface area contributed by atoms with Crippen molar-refractivity contribution in [3.8, 4) is 44.5 Å². The third-order valence-electron chi connectivity index (χ3n) is 10.5. The zero-order chi connectivity index (χ0) is 39.0. The van der Waals surface area contributed by atoms with Gasteiger partial charge >= 0.3 is 0 Å². The first-order valence-corrected chi connectivity index (χ1v) is 18.2. The largest absolute Gasteiger partial charge is 0.411 e. The second-order valence-corrected chi connectivity index (χ2v) is 15.0. The van der Waals surface area contributed by atoms with E-state index in [2.05, 4.69) is 120 Å². The zero-order valence-corrected chi connectivity index (χ0v) is 31.0. The van der Waals surface area contributed by atoms with Crippen LogP contribution in [0.3, 0.4) is 0 Å². The minimum Gasteiger partial charge on any atom is -0.411 e. The van der Waals surface area contributed by atoms with Gasteiger partial charge in [0.1, 0.15) is 0 Å². The van der Waals surface area contributed by atoms with E-state index in [1.54, 1.807) is 0 Å². The minimum atomic E-state index is -0.169. The topological polar surface area (TPSA) is 130 Å². The summed E-state index contributed by atoms with van der Waals surface area (Å²) < 4.78 is 0. The van der Waals surface area contributed by atoms with Crippen LogP contribution in [0.15, 0.2) is 148 Å². The molecule has 8 heteroatoms. The third-order valence-corrected chi connectivity index (χ3v) is 10.5. The fourth-order valence-corrected chi connectivity index (χ4v) is 7.71. The van der Waals surface area contributed by atoms with E-state index in [9.17, 15) is 20.8 Å². The smallest absolute Gasteiger partial charge is 0.0733 e. The van der Waals surface area contributed by atoms with Gasteiger partial charge in [-0.05, 0) is 140 Å². The lowest BCUT2D eigenvalue weighted by molar-refractivity contribution is 0.321. The van der Waals surface area contributed by atoms with E-state index >= 15 is 0 Å². The van der Waals surface area contributed by atoms with Crippen molar-refractivity contribution in [1.29, 1.82) is 0 Å². The Balaban J connectivity index is 1.58. The highest BCUT2D eigenvalue weighted by Gasteiger charge is 2.25. The van der Waals surface area contributed by atoms with Gasteiger partial charge in [0.15, 0.2) is 0 Å². The van der Waals surface area contributed by atoms with Gasteiger partial charge in [-0.25, -0.2) is 0 Å². The van der Waals surface area contributed by atoms with Gasteiger partial charge in [0.25, 0.3) is 0 Å². The van der Waals surface area contributed by atoms with Crippen LogP contribution in [0.5, 0.6) is 0 Å². The van der Waals surface area contributed by atoms with Gasteiger partial charge in [-0.1, -0.05) is 138 Å². The molecule has 8 aromatic carbocycles. The van der Waals surface area contributed by atoms with Crippen LogP contribution in [-0.2, 0) is 5.41 Å². The van der Waals surface area contributed by atoms with E-state index in [4.69, 9.17) is 0 Å². The molecule has 8 nitrogen and oxygen atoms in total. The van der Waals surface area contributed by atoms with Crippen molar-refractivity contribution < 1.29 is 20.8 Å². The molecule has 4 N–H and O–H groups in total. The molecule has 0 amide bonds. The molecule has 0 unspecified atom stereocenters. The SMILES string of the molecule is CC(C)(C)c1cc2c(-c3ccc(/C=N/O)cc3)cc3c(-c4ccc(/C=N/O)cc4)cc(-c4ccc(/C=N/O)cc4)c4cc(-c5ccc(/C=N/O)cc5)c(c1)c2c34. The molecule has 0 heterocycles. The molecule has 0 saturated heterocycles. The lowest BCUT2D eigenvalue weighted by atomic mass is 9.77. The Morgan fingerprint density at radius 2 is 0.607 bits per heavy atom. The summed E-state index contributed by atoms with van der Waals surface area (Å²) in [7, 11) is 0. The standard InChI is InChI=1S/C48H38N4O4/c1-48(2,3)37-20-42-40(35-16-8-31(9-17-35)27-51-55)23-44-38(33-12-4-29(5-13-33)25-49-53)22-39(34-14-6-30(7-15-34)26-50-54)45-24-41(43(21-37)46(42)47(44)45)36-18-10-32(11-19-36)28-52-56/h4-28,53-56H,1-3H3/b49-25+,50-26+,51-27+,52-28+. The molecule has 8 aromatic rings. The molecular weight excluding hydrogens is 697 g/mol. The summed E-state index contributed by atoms with van der Waals surface area (Å²) in [6, 6.07) is 43.6. The second-order valence-electron chi connectivity index (χ2n) is 15.0. The van der Waals surface area contributed by atoms with E-state index < -0.39 is 0 Å². The fraction of sp³-hybridized carbons (Fsp3) is 0.0833. The van der Waals surface area contributed by atoms with Gasteiger partial charge in [0.05, 0.1) is 24.9 Å². The van der Waals surface area contributed by atoms with E-state index in [0.29, 0.717) is 0 Å². The number of rotatable bonds is 8. The third kappa shape index (κ3) is 6.47. The van der Waals surface area contributed by atoms with E-state index in [-0.39, 0.29) is 5.41 Å². The van der Waals surface area contributed by atoms with Crippen molar-refractivity contribution in [2.24, 2.45) is 20.6 Å². The molecule has 8 rings (SSSR count). The van der Waals surface area contributed by atoms with E-state index in [0.717, 1.165) is 99.1 Å². The fourth-order valence-electron chi connectivity index (χ4n) is 7.71. The summed E-state index contributed by atoms with van der Waals surface area (Å²) in [5.74, 6) is 0. The second kappa shape index (κ2) is 14.5. The number of hydrogen-bond acceptors (Lipinski definition) is 8. The zero-order valence-electron chi connectivity index (χ0n) is 31.0. The first-order chi connectivity index (χ1) is 27.2. The minimum absolute atomic E-state index is 0.169. The van der Waals surface area contributed by atoms with Crippen LogP contribution in [0.2, 0.25) is 0 Å². The van der Waals surface area contributed by atoms with Crippen molar-refractivity contribution in [2.75, 3.05) is 0 Å². The Hall–Kier alpha value is -7.32. The Morgan fingerprint density at radius 3 is 0.857 bits per heavy atom. The van der Waals surface area contributed by atoms with Crippen molar-refractivity contribution in [1.82, 2.24) is 0 Å². The highest BCUT2D eigenvalue weighted by Crippen LogP contribution is 2.50. The molecule has 56 heavy (non-hydrogen) atoms. The van der Waals surface area contributed by atoms with Gasteiger partial charge in [-0.3, -0.25) is 0 Å². The van der Waals surface area contributed by atoms with Crippen LogP contribution in [0.1, 0.15) is 48.6 Å². The summed E-state index contributed by atoms with van der Waals surface area (Å²) in [6.45, 7) is 6.70. The first-order valence-electron chi connectivity index (χ1n) is 18.2. The number of oxime groups is 4. The monoisotopic (exact) mass is 734 g/mol. The Labute approximate surface area is 323 Å². The molecule has 0 atom stereocenters. The predicted molar refractivity (Wildman–Crippen MR) is 228 cm³/mol. The highest BCUT2D eigenvalue weighted by atomic mass is 16.4. The molecule has 0 aliphatic carbocycles. The van der Waals surface area contributed by atoms with Crippen molar-refractivity contribution in [2.45, 2.75) is 26.2 Å². The maximum atomic E-state index is 9.24. The normalized spacial score (nSPS) is 12.6. The molecule has 0 aromatic heterocycles. The van der Waals surface area contributed by atoms with Crippen molar-refractivity contribution in [3.63, 3.8) is 0 Å². The molecule has 0 bridgehead atoms. The van der Waals surface area contributed by atoms with Crippen LogP contribution in [-0.4, -0.2) is 45.7 Å². The molecular formula is C48H38N4O4. The lowest BCUT2D eigenvalue weighted by Gasteiger charge is -2.26. The van der Waals surface area contributed by atoms with Crippen LogP contribution in [0.25, 0.3) is 76.8 Å². The molecule has 0 aliphatic heterocycles. The molecule has 0 saturated carbocycles. The van der Waals surface area contributed by atoms with Crippen LogP contribution in [0, 0.1) is 0 Å². The average Bonchev–Trinajstić information content (AvgIpc) is 3.21. The Kier molecular flexibility index (Phi) is 9.24. The summed E-state index contributed by atoms with van der Waals surface area (Å²) in [5.41, 5.74) is 12.4. The Morgan fingerprint density at radius 1 is 0.357 bits per heavy atom. The van der Waals surface area contributed by atoms with Gasteiger partial charge in [0, 0.05) is 0 Å². The Bertz CT molecular complexity index is 2650. The molecule has 0 radical (unpaired) electrons. The summed E-state index contributed by atoms with van der Waals surface area (Å²) in [5, 5.41) is 56.5. The molecule has 0 spiro atoms. The van der Waals surface area contributed by atoms with Crippen molar-refractivity contribution in [3.05, 3.63) is 155 Å².